The minimum Gasteiger partial charge on any atom is -0.294 e. The molecule has 0 aliphatic heterocycles. The molecule has 0 unspecified atom stereocenters. The number of alkyl halides is 1. The topological polar surface area (TPSA) is 59.3 Å². The lowest BCUT2D eigenvalue weighted by atomic mass is 9.49. The third-order valence-corrected chi connectivity index (χ3v) is 6.94. The van der Waals surface area contributed by atoms with E-state index in [4.69, 9.17) is 0 Å². The second-order valence-corrected chi connectivity index (χ2v) is 9.48. The summed E-state index contributed by atoms with van der Waals surface area (Å²) in [4.78, 5) is 13.1. The summed E-state index contributed by atoms with van der Waals surface area (Å²) in [6.07, 6.45) is 8.65. The van der Waals surface area contributed by atoms with E-state index in [1.807, 2.05) is 28.8 Å². The van der Waals surface area contributed by atoms with Crippen LogP contribution >= 0.6 is 15.9 Å². The zero-order chi connectivity index (χ0) is 15.7. The minimum absolute atomic E-state index is 0.133. The van der Waals surface area contributed by atoms with E-state index in [0.717, 1.165) is 24.9 Å². The Bertz CT molecular complexity index is 787. The van der Waals surface area contributed by atoms with Crippen LogP contribution in [0.1, 0.15) is 38.5 Å². The Labute approximate surface area is 143 Å². The number of carbonyl (C=O) groups excluding carboxylic acids is 1. The van der Waals surface area contributed by atoms with Crippen molar-refractivity contribution in [1.29, 1.82) is 0 Å². The normalized spacial score (nSPS) is 38.1. The molecule has 4 saturated carbocycles. The maximum atomic E-state index is 13.1. The molecule has 2 aromatic rings. The number of hydrogen-bond donors (Lipinski definition) is 1. The first kappa shape index (κ1) is 14.0. The number of nitrogens with zero attached hydrogens (tertiary/aromatic N) is 3. The quantitative estimate of drug-likeness (QED) is 0.819. The Morgan fingerprint density at radius 3 is 2.74 bits per heavy atom. The highest BCUT2D eigenvalue weighted by molar-refractivity contribution is 9.10. The van der Waals surface area contributed by atoms with Crippen molar-refractivity contribution in [2.45, 2.75) is 42.8 Å². The highest BCUT2D eigenvalue weighted by Crippen LogP contribution is 2.64. The highest BCUT2D eigenvalue weighted by atomic mass is 79.9. The molecule has 5 nitrogen and oxygen atoms in total. The molecule has 2 aromatic heterocycles. The molecule has 6 heteroatoms. The largest absolute Gasteiger partial charge is 0.294 e. The fraction of sp³-hybridized carbons (Fsp3) is 0.588. The molecule has 1 N–H and O–H groups in total. The maximum absolute atomic E-state index is 13.1. The fourth-order valence-electron chi connectivity index (χ4n) is 5.58. The molecule has 0 spiro atoms. The van der Waals surface area contributed by atoms with Gasteiger partial charge in [0.15, 0.2) is 5.65 Å². The van der Waals surface area contributed by atoms with Crippen LogP contribution in [0.3, 0.4) is 0 Å². The van der Waals surface area contributed by atoms with Crippen molar-refractivity contribution in [3.63, 3.8) is 0 Å². The van der Waals surface area contributed by atoms with Crippen LogP contribution in [0.15, 0.2) is 24.4 Å². The number of anilines is 1. The first-order valence-corrected chi connectivity index (χ1v) is 9.15. The number of carbonyl (C=O) groups is 1. The van der Waals surface area contributed by atoms with Crippen molar-refractivity contribution in [2.75, 3.05) is 5.32 Å². The van der Waals surface area contributed by atoms with E-state index in [2.05, 4.69) is 31.4 Å². The van der Waals surface area contributed by atoms with Crippen LogP contribution in [0, 0.1) is 17.3 Å². The Balaban J connectivity index is 1.47. The van der Waals surface area contributed by atoms with E-state index in [-0.39, 0.29) is 15.6 Å². The monoisotopic (exact) mass is 374 g/mol. The first-order chi connectivity index (χ1) is 11.1. The number of halogens is 1. The van der Waals surface area contributed by atoms with Crippen molar-refractivity contribution >= 4 is 33.4 Å². The van der Waals surface area contributed by atoms with E-state index in [9.17, 15) is 4.79 Å². The number of hydrogen-bond acceptors (Lipinski definition) is 3. The lowest BCUT2D eigenvalue weighted by molar-refractivity contribution is -0.138. The second kappa shape index (κ2) is 4.56. The van der Waals surface area contributed by atoms with Crippen LogP contribution in [-0.2, 0) is 4.79 Å². The van der Waals surface area contributed by atoms with Gasteiger partial charge in [-0.25, -0.2) is 0 Å². The third-order valence-electron chi connectivity index (χ3n) is 6.01. The third kappa shape index (κ3) is 2.07. The molecular formula is C17H19BrN4O. The van der Waals surface area contributed by atoms with E-state index < -0.39 is 0 Å². The number of nitrogens with one attached hydrogen (secondary N) is 1. The summed E-state index contributed by atoms with van der Waals surface area (Å²) >= 11 is 3.97. The summed E-state index contributed by atoms with van der Waals surface area (Å²) in [6.45, 7) is 0. The summed E-state index contributed by atoms with van der Waals surface area (Å²) in [5.41, 5.74) is 0.527. The van der Waals surface area contributed by atoms with Crippen molar-refractivity contribution < 1.29 is 4.79 Å². The summed E-state index contributed by atoms with van der Waals surface area (Å²) in [6, 6.07) is 5.73. The van der Waals surface area contributed by atoms with Crippen molar-refractivity contribution in [1.82, 2.24) is 14.6 Å². The molecule has 6 rings (SSSR count). The molecule has 23 heavy (non-hydrogen) atoms. The Kier molecular flexibility index (Phi) is 2.77. The molecule has 4 bridgehead atoms. The van der Waals surface area contributed by atoms with Crippen molar-refractivity contribution in [2.24, 2.45) is 17.3 Å². The zero-order valence-corrected chi connectivity index (χ0v) is 14.4. The minimum atomic E-state index is -0.228. The van der Waals surface area contributed by atoms with Gasteiger partial charge >= 0.3 is 0 Å². The molecule has 2 atom stereocenters. The molecule has 2 heterocycles. The van der Waals surface area contributed by atoms with Crippen LogP contribution in [0.2, 0.25) is 0 Å². The molecule has 0 radical (unpaired) electrons. The van der Waals surface area contributed by atoms with Gasteiger partial charge in [0.2, 0.25) is 11.9 Å². The molecule has 4 fully saturated rings. The second-order valence-electron chi connectivity index (χ2n) is 7.80. The Morgan fingerprint density at radius 1 is 1.22 bits per heavy atom. The Hall–Kier alpha value is -1.43. The molecule has 0 aromatic carbocycles. The number of rotatable bonds is 2. The molecule has 120 valence electrons. The van der Waals surface area contributed by atoms with Gasteiger partial charge in [0.25, 0.3) is 0 Å². The first-order valence-electron chi connectivity index (χ1n) is 8.36. The lowest BCUT2D eigenvalue weighted by Gasteiger charge is -2.59. The van der Waals surface area contributed by atoms with E-state index >= 15 is 0 Å². The van der Waals surface area contributed by atoms with Gasteiger partial charge in [0.05, 0.1) is 5.41 Å². The fourth-order valence-corrected chi connectivity index (χ4v) is 7.03. The summed E-state index contributed by atoms with van der Waals surface area (Å²) in [5.74, 6) is 2.05. The van der Waals surface area contributed by atoms with E-state index in [1.54, 1.807) is 0 Å². The van der Waals surface area contributed by atoms with Crippen LogP contribution in [0.25, 0.3) is 5.65 Å². The highest BCUT2D eigenvalue weighted by Gasteiger charge is 2.59. The van der Waals surface area contributed by atoms with Crippen LogP contribution in [0.4, 0.5) is 5.95 Å². The van der Waals surface area contributed by atoms with Gasteiger partial charge in [-0.05, 0) is 62.5 Å². The SMILES string of the molecule is O=C(Nc1nnc2ccccn12)C12C[C@H]3C[C@@H](CC(Br)(C3)C1)C2. The van der Waals surface area contributed by atoms with Crippen molar-refractivity contribution in [3.8, 4) is 0 Å². The number of pyridine rings is 1. The van der Waals surface area contributed by atoms with Gasteiger partial charge in [0.1, 0.15) is 0 Å². The average molecular weight is 375 g/mol. The van der Waals surface area contributed by atoms with E-state index in [0.29, 0.717) is 17.8 Å². The standard InChI is InChI=1S/C17H19BrN4O/c18-17-8-11-5-12(9-17)7-16(6-11,10-17)14(23)19-15-21-20-13-3-1-2-4-22(13)15/h1-4,11-12H,5-10H2,(H,19,21,23)/t11-,12-,16?,17?/m1/s1. The maximum Gasteiger partial charge on any atom is 0.235 e. The van der Waals surface area contributed by atoms with Gasteiger partial charge in [-0.1, -0.05) is 22.0 Å². The average Bonchev–Trinajstić information content (AvgIpc) is 2.88. The molecule has 4 aliphatic carbocycles. The van der Waals surface area contributed by atoms with Crippen LogP contribution < -0.4 is 5.32 Å². The summed E-state index contributed by atoms with van der Waals surface area (Å²) in [5, 5.41) is 11.3. The zero-order valence-electron chi connectivity index (χ0n) is 12.8. The predicted molar refractivity (Wildman–Crippen MR) is 90.4 cm³/mol. The smallest absolute Gasteiger partial charge is 0.235 e. The van der Waals surface area contributed by atoms with Gasteiger partial charge in [-0.2, -0.15) is 0 Å². The van der Waals surface area contributed by atoms with Crippen molar-refractivity contribution in [3.05, 3.63) is 24.4 Å². The summed E-state index contributed by atoms with van der Waals surface area (Å²) in [7, 11) is 0. The molecule has 0 saturated heterocycles. The Morgan fingerprint density at radius 2 is 2.00 bits per heavy atom. The van der Waals surface area contributed by atoms with Crippen LogP contribution in [-0.4, -0.2) is 24.8 Å². The van der Waals surface area contributed by atoms with Gasteiger partial charge in [0, 0.05) is 10.5 Å². The summed E-state index contributed by atoms with van der Waals surface area (Å²) < 4.78 is 2.02. The number of amides is 1. The van der Waals surface area contributed by atoms with Gasteiger partial charge in [-0.15, -0.1) is 10.2 Å². The number of fused-ring (bicyclic) bond motifs is 1. The van der Waals surface area contributed by atoms with Gasteiger partial charge < -0.3 is 0 Å². The molecule has 1 amide bonds. The van der Waals surface area contributed by atoms with Crippen LogP contribution in [0.5, 0.6) is 0 Å². The molecule has 4 aliphatic rings. The lowest BCUT2D eigenvalue weighted by Crippen LogP contribution is -2.57. The predicted octanol–water partition coefficient (Wildman–Crippen LogP) is 3.40. The molecular weight excluding hydrogens is 356 g/mol. The van der Waals surface area contributed by atoms with E-state index in [1.165, 1.54) is 19.3 Å². The number of aromatic nitrogens is 3. The van der Waals surface area contributed by atoms with Gasteiger partial charge in [-0.3, -0.25) is 14.5 Å².